The molecule has 118 valence electrons. The summed E-state index contributed by atoms with van der Waals surface area (Å²) in [4.78, 5) is 26.4. The Balaban J connectivity index is 1.73. The molecule has 1 aliphatic heterocycles. The Labute approximate surface area is 134 Å². The van der Waals surface area contributed by atoms with Gasteiger partial charge in [0.25, 0.3) is 5.91 Å². The second-order valence-electron chi connectivity index (χ2n) is 6.40. The zero-order valence-corrected chi connectivity index (χ0v) is 12.9. The van der Waals surface area contributed by atoms with Crippen LogP contribution in [0.3, 0.4) is 0 Å². The van der Waals surface area contributed by atoms with Crippen molar-refractivity contribution < 1.29 is 14.0 Å². The number of hydrogen-bond acceptors (Lipinski definition) is 3. The molecule has 2 heterocycles. The van der Waals surface area contributed by atoms with Crippen LogP contribution >= 0.6 is 0 Å². The number of nitrogens with zero attached hydrogens (tertiary/aromatic N) is 1. The number of nitrogens with two attached hydrogens (primary N) is 1. The predicted octanol–water partition coefficient (Wildman–Crippen LogP) is 2.34. The van der Waals surface area contributed by atoms with E-state index in [2.05, 4.69) is 0 Å². The molecule has 0 bridgehead atoms. The second-order valence-corrected chi connectivity index (χ2v) is 6.40. The topological polar surface area (TPSA) is 76.5 Å². The van der Waals surface area contributed by atoms with E-state index in [-0.39, 0.29) is 11.9 Å². The van der Waals surface area contributed by atoms with E-state index in [1.165, 1.54) is 0 Å². The van der Waals surface area contributed by atoms with Crippen molar-refractivity contribution in [3.63, 3.8) is 0 Å². The van der Waals surface area contributed by atoms with Crippen molar-refractivity contribution in [2.24, 2.45) is 11.7 Å². The van der Waals surface area contributed by atoms with Gasteiger partial charge >= 0.3 is 0 Å². The van der Waals surface area contributed by atoms with Crippen LogP contribution in [0.2, 0.25) is 0 Å². The Bertz CT molecular complexity index is 781. The molecule has 2 N–H and O–H groups in total. The highest BCUT2D eigenvalue weighted by Gasteiger charge is 2.56. The Morgan fingerprint density at radius 2 is 1.96 bits per heavy atom. The highest BCUT2D eigenvalue weighted by Crippen LogP contribution is 2.48. The minimum atomic E-state index is -0.495. The first kappa shape index (κ1) is 14.1. The van der Waals surface area contributed by atoms with Gasteiger partial charge in [-0.1, -0.05) is 30.3 Å². The molecule has 0 unspecified atom stereocenters. The molecule has 3 atom stereocenters. The summed E-state index contributed by atoms with van der Waals surface area (Å²) >= 11 is 0. The number of furan rings is 1. The van der Waals surface area contributed by atoms with Gasteiger partial charge in [-0.15, -0.1) is 0 Å². The van der Waals surface area contributed by atoms with Crippen LogP contribution in [0.4, 0.5) is 0 Å². The normalized spacial score (nSPS) is 25.3. The number of amides is 2. The van der Waals surface area contributed by atoms with Crippen LogP contribution in [0, 0.1) is 12.8 Å². The van der Waals surface area contributed by atoms with E-state index in [1.54, 1.807) is 11.0 Å². The van der Waals surface area contributed by atoms with Gasteiger partial charge in [0.05, 0.1) is 5.56 Å². The van der Waals surface area contributed by atoms with Crippen LogP contribution in [0.5, 0.6) is 0 Å². The number of fused-ring (bicyclic) bond motifs is 1. The summed E-state index contributed by atoms with van der Waals surface area (Å²) in [5.74, 6) is 1.07. The molecular weight excluding hydrogens is 292 g/mol. The lowest BCUT2D eigenvalue weighted by Gasteiger charge is -2.25. The standard InChI is InChI=1S/C18H18N2O3/c1-10-7-13(16(23-10)11-5-3-2-4-6-11)18(22)20-14-8-12(14)9-15(20)17(19)21/h2-7,12,14-15H,8-9H2,1H3,(H2,19,21)/t12-,14-,15-/m0/s1. The summed E-state index contributed by atoms with van der Waals surface area (Å²) in [5, 5.41) is 0. The molecule has 5 heteroatoms. The number of primary amides is 1. The van der Waals surface area contributed by atoms with Gasteiger partial charge < -0.3 is 15.1 Å². The lowest BCUT2D eigenvalue weighted by Crippen LogP contribution is -2.46. The smallest absolute Gasteiger partial charge is 0.258 e. The van der Waals surface area contributed by atoms with E-state index in [0.29, 0.717) is 29.4 Å². The van der Waals surface area contributed by atoms with E-state index in [9.17, 15) is 9.59 Å². The van der Waals surface area contributed by atoms with Crippen LogP contribution in [0.25, 0.3) is 11.3 Å². The van der Waals surface area contributed by atoms with Crippen molar-refractivity contribution in [3.8, 4) is 11.3 Å². The lowest BCUT2D eigenvalue weighted by atomic mass is 10.1. The van der Waals surface area contributed by atoms with Gasteiger partial charge in [0, 0.05) is 11.6 Å². The van der Waals surface area contributed by atoms with Crippen molar-refractivity contribution in [3.05, 3.63) is 47.7 Å². The summed E-state index contributed by atoms with van der Waals surface area (Å²) in [6.07, 6.45) is 1.65. The van der Waals surface area contributed by atoms with Gasteiger partial charge in [0.15, 0.2) is 0 Å². The molecule has 23 heavy (non-hydrogen) atoms. The van der Waals surface area contributed by atoms with Crippen LogP contribution in [0.1, 0.15) is 29.0 Å². The second kappa shape index (κ2) is 4.98. The Kier molecular flexibility index (Phi) is 3.04. The Morgan fingerprint density at radius 3 is 2.65 bits per heavy atom. The quantitative estimate of drug-likeness (QED) is 0.945. The zero-order chi connectivity index (χ0) is 16.1. The summed E-state index contributed by atoms with van der Waals surface area (Å²) in [5.41, 5.74) is 6.84. The molecule has 4 rings (SSSR count). The summed E-state index contributed by atoms with van der Waals surface area (Å²) in [7, 11) is 0. The molecule has 2 amide bonds. The lowest BCUT2D eigenvalue weighted by molar-refractivity contribution is -0.122. The SMILES string of the molecule is Cc1cc(C(=O)N2[C@H](C(N)=O)C[C@@H]3C[C@@H]32)c(-c2ccccc2)o1. The number of likely N-dealkylation sites (tertiary alicyclic amines) is 1. The maximum atomic E-state index is 13.1. The summed E-state index contributed by atoms with van der Waals surface area (Å²) in [6.45, 7) is 1.82. The number of benzene rings is 1. The fourth-order valence-electron chi connectivity index (χ4n) is 3.62. The molecule has 0 spiro atoms. The minimum Gasteiger partial charge on any atom is -0.461 e. The molecule has 1 aromatic carbocycles. The number of hydrogen-bond donors (Lipinski definition) is 1. The van der Waals surface area contributed by atoms with Crippen LogP contribution in [-0.2, 0) is 4.79 Å². The number of rotatable bonds is 3. The van der Waals surface area contributed by atoms with E-state index in [0.717, 1.165) is 12.0 Å². The van der Waals surface area contributed by atoms with Crippen molar-refractivity contribution in [2.45, 2.75) is 31.8 Å². The van der Waals surface area contributed by atoms with Crippen molar-refractivity contribution in [2.75, 3.05) is 0 Å². The third-order valence-corrected chi connectivity index (χ3v) is 4.79. The van der Waals surface area contributed by atoms with Crippen LogP contribution < -0.4 is 5.73 Å². The molecule has 0 radical (unpaired) electrons. The van der Waals surface area contributed by atoms with Crippen LogP contribution in [-0.4, -0.2) is 28.8 Å². The fourth-order valence-corrected chi connectivity index (χ4v) is 3.62. The number of carbonyl (C=O) groups excluding carboxylic acids is 2. The third kappa shape index (κ3) is 2.23. The van der Waals surface area contributed by atoms with E-state index in [1.807, 2.05) is 37.3 Å². The maximum Gasteiger partial charge on any atom is 0.258 e. The molecule has 1 aliphatic carbocycles. The molecule has 5 nitrogen and oxygen atoms in total. The van der Waals surface area contributed by atoms with Gasteiger partial charge in [-0.25, -0.2) is 0 Å². The van der Waals surface area contributed by atoms with Crippen molar-refractivity contribution >= 4 is 11.8 Å². The average molecular weight is 310 g/mol. The molecule has 1 saturated heterocycles. The first-order valence-corrected chi connectivity index (χ1v) is 7.84. The van der Waals surface area contributed by atoms with Gasteiger partial charge in [-0.3, -0.25) is 9.59 Å². The maximum absolute atomic E-state index is 13.1. The molecular formula is C18H18N2O3. The van der Waals surface area contributed by atoms with Gasteiger partial charge in [-0.2, -0.15) is 0 Å². The summed E-state index contributed by atoms with van der Waals surface area (Å²) < 4.78 is 5.76. The van der Waals surface area contributed by atoms with Gasteiger partial charge in [-0.05, 0) is 31.7 Å². The monoisotopic (exact) mass is 310 g/mol. The molecule has 1 aromatic heterocycles. The van der Waals surface area contributed by atoms with Gasteiger partial charge in [0.2, 0.25) is 5.91 Å². The van der Waals surface area contributed by atoms with Crippen molar-refractivity contribution in [1.82, 2.24) is 4.90 Å². The predicted molar refractivity (Wildman–Crippen MR) is 84.5 cm³/mol. The molecule has 2 aliphatic rings. The first-order chi connectivity index (χ1) is 11.1. The van der Waals surface area contributed by atoms with E-state index < -0.39 is 11.9 Å². The number of piperidine rings is 1. The molecule has 1 saturated carbocycles. The highest BCUT2D eigenvalue weighted by molar-refractivity contribution is 6.02. The number of aryl methyl sites for hydroxylation is 1. The summed E-state index contributed by atoms with van der Waals surface area (Å²) in [6, 6.07) is 10.9. The van der Waals surface area contributed by atoms with E-state index in [4.69, 9.17) is 10.2 Å². The first-order valence-electron chi connectivity index (χ1n) is 7.84. The minimum absolute atomic E-state index is 0.152. The van der Waals surface area contributed by atoms with E-state index >= 15 is 0 Å². The Morgan fingerprint density at radius 1 is 1.22 bits per heavy atom. The molecule has 2 fully saturated rings. The van der Waals surface area contributed by atoms with Crippen LogP contribution in [0.15, 0.2) is 40.8 Å². The van der Waals surface area contributed by atoms with Gasteiger partial charge in [0.1, 0.15) is 17.6 Å². The largest absolute Gasteiger partial charge is 0.461 e. The molecule has 2 aromatic rings. The number of carbonyl (C=O) groups is 2. The highest BCUT2D eigenvalue weighted by atomic mass is 16.3. The average Bonchev–Trinajstić information content (AvgIpc) is 3.03. The fraction of sp³-hybridized carbons (Fsp3) is 0.333. The zero-order valence-electron chi connectivity index (χ0n) is 12.9. The Hall–Kier alpha value is -2.56. The third-order valence-electron chi connectivity index (χ3n) is 4.79. The van der Waals surface area contributed by atoms with Crippen molar-refractivity contribution in [1.29, 1.82) is 0 Å².